The molecule has 42 heavy (non-hydrogen) atoms. The number of nitrogens with zero attached hydrogens (tertiary/aromatic N) is 2. The summed E-state index contributed by atoms with van der Waals surface area (Å²) in [5.41, 5.74) is 5.60. The number of anilines is 5. The smallest absolute Gasteiger partial charge is 0.340 e. The van der Waals surface area contributed by atoms with Gasteiger partial charge in [0.1, 0.15) is 0 Å². The van der Waals surface area contributed by atoms with Crippen molar-refractivity contribution in [2.75, 3.05) is 16.3 Å². The van der Waals surface area contributed by atoms with E-state index in [9.17, 15) is 13.2 Å². The highest BCUT2D eigenvalue weighted by Gasteiger charge is 2.30. The van der Waals surface area contributed by atoms with Gasteiger partial charge < -0.3 is 9.80 Å². The van der Waals surface area contributed by atoms with Crippen LogP contribution in [0.15, 0.2) is 127 Å². The lowest BCUT2D eigenvalue weighted by Crippen LogP contribution is -2.13. The minimum Gasteiger partial charge on any atom is -0.340 e. The van der Waals surface area contributed by atoms with E-state index in [2.05, 4.69) is 77.7 Å². The first-order valence-electron chi connectivity index (χ1n) is 14.1. The van der Waals surface area contributed by atoms with Crippen LogP contribution in [0.1, 0.15) is 11.1 Å². The zero-order chi connectivity index (χ0) is 28.4. The first kappa shape index (κ1) is 24.7. The Hall–Kier alpha value is -5.03. The van der Waals surface area contributed by atoms with Gasteiger partial charge in [0, 0.05) is 40.1 Å². The molecule has 204 valence electrons. The van der Waals surface area contributed by atoms with Crippen molar-refractivity contribution in [3.8, 4) is 0 Å². The summed E-state index contributed by atoms with van der Waals surface area (Å²) in [5, 5.41) is 6.90. The summed E-state index contributed by atoms with van der Waals surface area (Å²) < 4.78 is 40.2. The Balaban J connectivity index is 1.36. The molecule has 0 aromatic heterocycles. The van der Waals surface area contributed by atoms with Crippen LogP contribution in [0.2, 0.25) is 0 Å². The highest BCUT2D eigenvalue weighted by Crippen LogP contribution is 2.47. The molecule has 1 aliphatic heterocycles. The third kappa shape index (κ3) is 3.81. The average molecular weight is 555 g/mol. The number of rotatable bonds is 4. The molecule has 0 saturated heterocycles. The van der Waals surface area contributed by atoms with Crippen LogP contribution in [0.3, 0.4) is 0 Å². The van der Waals surface area contributed by atoms with Crippen molar-refractivity contribution in [1.82, 2.24) is 0 Å². The molecule has 0 unspecified atom stereocenters. The van der Waals surface area contributed by atoms with Crippen molar-refractivity contribution in [2.24, 2.45) is 0 Å². The first-order chi connectivity index (χ1) is 20.5. The predicted octanol–water partition coefficient (Wildman–Crippen LogP) is 10.8. The monoisotopic (exact) mass is 554 g/mol. The Morgan fingerprint density at radius 3 is 1.93 bits per heavy atom. The van der Waals surface area contributed by atoms with Crippen molar-refractivity contribution in [1.29, 1.82) is 0 Å². The molecule has 5 heteroatoms. The van der Waals surface area contributed by atoms with E-state index in [0.717, 1.165) is 58.0 Å². The Labute approximate surface area is 241 Å². The third-order valence-corrected chi connectivity index (χ3v) is 8.50. The van der Waals surface area contributed by atoms with E-state index in [4.69, 9.17) is 0 Å². The molecule has 2 nitrogen and oxygen atoms in total. The summed E-state index contributed by atoms with van der Waals surface area (Å²) in [4.78, 5) is 4.46. The minimum atomic E-state index is -4.39. The maximum absolute atomic E-state index is 13.4. The molecule has 0 fully saturated rings. The summed E-state index contributed by atoms with van der Waals surface area (Å²) in [6.07, 6.45) is -3.38. The van der Waals surface area contributed by atoms with Crippen LogP contribution in [0.4, 0.5) is 41.6 Å². The second kappa shape index (κ2) is 9.25. The fraction of sp³-hybridized carbons (Fsp3) is 0.0811. The maximum atomic E-state index is 13.4. The molecule has 0 atom stereocenters. The molecular formula is C37H25F3N2. The SMILES string of the molecule is FC(F)(F)c1ccc(N(c2ccccc2)c2ccc3ccc4c(N5CCc6ccccc65)ccc5ccc2c3c54)cc1. The number of halogens is 3. The molecule has 0 spiro atoms. The van der Waals surface area contributed by atoms with Gasteiger partial charge in [0.2, 0.25) is 0 Å². The molecule has 7 aromatic rings. The molecule has 0 N–H and O–H groups in total. The zero-order valence-corrected chi connectivity index (χ0v) is 22.6. The van der Waals surface area contributed by atoms with E-state index in [1.54, 1.807) is 12.1 Å². The molecule has 0 amide bonds. The van der Waals surface area contributed by atoms with Crippen LogP contribution in [0.25, 0.3) is 32.3 Å². The molecule has 7 aromatic carbocycles. The summed E-state index contributed by atoms with van der Waals surface area (Å²) in [5.74, 6) is 0. The lowest BCUT2D eigenvalue weighted by molar-refractivity contribution is -0.137. The number of benzene rings is 7. The van der Waals surface area contributed by atoms with Gasteiger partial charge in [0.05, 0.1) is 11.3 Å². The van der Waals surface area contributed by atoms with E-state index in [0.29, 0.717) is 5.69 Å². The van der Waals surface area contributed by atoms with Crippen molar-refractivity contribution in [2.45, 2.75) is 12.6 Å². The van der Waals surface area contributed by atoms with E-state index in [1.807, 2.05) is 35.2 Å². The highest BCUT2D eigenvalue weighted by molar-refractivity contribution is 6.28. The Kier molecular flexibility index (Phi) is 5.45. The van der Waals surface area contributed by atoms with Gasteiger partial charge >= 0.3 is 6.18 Å². The normalized spacial score (nSPS) is 13.4. The van der Waals surface area contributed by atoms with Crippen LogP contribution >= 0.6 is 0 Å². The maximum Gasteiger partial charge on any atom is 0.416 e. The van der Waals surface area contributed by atoms with Gasteiger partial charge in [-0.25, -0.2) is 0 Å². The molecule has 0 bridgehead atoms. The fourth-order valence-corrected chi connectivity index (χ4v) is 6.59. The number of para-hydroxylation sites is 2. The van der Waals surface area contributed by atoms with E-state index in [1.165, 1.54) is 27.7 Å². The summed E-state index contributed by atoms with van der Waals surface area (Å²) in [6, 6.07) is 41.1. The lowest BCUT2D eigenvalue weighted by atomic mass is 9.92. The number of fused-ring (bicyclic) bond motifs is 1. The van der Waals surface area contributed by atoms with E-state index >= 15 is 0 Å². The summed E-state index contributed by atoms with van der Waals surface area (Å²) in [7, 11) is 0. The molecule has 1 aliphatic rings. The Bertz CT molecular complexity index is 2080. The van der Waals surface area contributed by atoms with Crippen LogP contribution in [-0.4, -0.2) is 6.54 Å². The van der Waals surface area contributed by atoms with Crippen LogP contribution in [0, 0.1) is 0 Å². The quantitative estimate of drug-likeness (QED) is 0.200. The lowest BCUT2D eigenvalue weighted by Gasteiger charge is -2.28. The number of hydrogen-bond donors (Lipinski definition) is 0. The van der Waals surface area contributed by atoms with Crippen molar-refractivity contribution in [3.05, 3.63) is 139 Å². The third-order valence-electron chi connectivity index (χ3n) is 8.50. The van der Waals surface area contributed by atoms with Crippen LogP contribution < -0.4 is 9.80 Å². The second-order valence-electron chi connectivity index (χ2n) is 10.8. The largest absolute Gasteiger partial charge is 0.416 e. The predicted molar refractivity (Wildman–Crippen MR) is 167 cm³/mol. The molecule has 0 radical (unpaired) electrons. The molecule has 0 aliphatic carbocycles. The van der Waals surface area contributed by atoms with E-state index < -0.39 is 11.7 Å². The topological polar surface area (TPSA) is 6.48 Å². The standard InChI is InChI=1S/C37H25F3N2/c38-37(39,40)27-14-16-29(17-15-27)42(28-7-2-1-3-8-28)34-21-13-26-10-18-30-33(41-23-22-24-6-4-5-9-32(24)41)20-12-25-11-19-31(34)36(26)35(25)30/h1-21H,22-23H2. The molecule has 1 heterocycles. The van der Waals surface area contributed by atoms with Gasteiger partial charge in [0.15, 0.2) is 0 Å². The molecule has 0 saturated carbocycles. The Morgan fingerprint density at radius 1 is 0.548 bits per heavy atom. The van der Waals surface area contributed by atoms with Gasteiger partial charge in [-0.3, -0.25) is 0 Å². The number of hydrogen-bond acceptors (Lipinski definition) is 2. The van der Waals surface area contributed by atoms with Gasteiger partial charge in [-0.1, -0.05) is 72.8 Å². The minimum absolute atomic E-state index is 0.661. The van der Waals surface area contributed by atoms with Crippen LogP contribution in [-0.2, 0) is 12.6 Å². The van der Waals surface area contributed by atoms with Gasteiger partial charge in [-0.05, 0) is 88.1 Å². The number of alkyl halides is 3. The Morgan fingerprint density at radius 2 is 1.17 bits per heavy atom. The molecular weight excluding hydrogens is 529 g/mol. The summed E-state index contributed by atoms with van der Waals surface area (Å²) >= 11 is 0. The van der Waals surface area contributed by atoms with Crippen molar-refractivity contribution < 1.29 is 13.2 Å². The zero-order valence-electron chi connectivity index (χ0n) is 22.6. The fourth-order valence-electron chi connectivity index (χ4n) is 6.59. The first-order valence-corrected chi connectivity index (χ1v) is 14.1. The average Bonchev–Trinajstić information content (AvgIpc) is 3.45. The van der Waals surface area contributed by atoms with Crippen molar-refractivity contribution in [3.63, 3.8) is 0 Å². The molecule has 8 rings (SSSR count). The summed E-state index contributed by atoms with van der Waals surface area (Å²) in [6.45, 7) is 0.935. The van der Waals surface area contributed by atoms with Gasteiger partial charge in [-0.2, -0.15) is 13.2 Å². The van der Waals surface area contributed by atoms with Gasteiger partial charge in [0.25, 0.3) is 0 Å². The van der Waals surface area contributed by atoms with E-state index in [-0.39, 0.29) is 0 Å². The van der Waals surface area contributed by atoms with Crippen LogP contribution in [0.5, 0.6) is 0 Å². The van der Waals surface area contributed by atoms with Crippen molar-refractivity contribution >= 4 is 60.8 Å². The second-order valence-corrected chi connectivity index (χ2v) is 10.8. The highest BCUT2D eigenvalue weighted by atomic mass is 19.4. The van der Waals surface area contributed by atoms with Gasteiger partial charge in [-0.15, -0.1) is 0 Å².